The van der Waals surface area contributed by atoms with E-state index in [0.717, 1.165) is 5.69 Å². The van der Waals surface area contributed by atoms with Crippen molar-refractivity contribution in [1.29, 1.82) is 0 Å². The third-order valence-electron chi connectivity index (χ3n) is 1.72. The second kappa shape index (κ2) is 4.87. The largest absolute Gasteiger partial charge is 0.326 e. The van der Waals surface area contributed by atoms with Gasteiger partial charge in [0.25, 0.3) is 0 Å². The highest BCUT2D eigenvalue weighted by Crippen LogP contribution is 2.08. The molecule has 0 aliphatic heterocycles. The molecular formula is C10H12ClNO. The van der Waals surface area contributed by atoms with Gasteiger partial charge in [0.1, 0.15) is 0 Å². The molecule has 70 valence electrons. The van der Waals surface area contributed by atoms with Gasteiger partial charge < -0.3 is 5.32 Å². The second-order valence-corrected chi connectivity index (χ2v) is 3.22. The summed E-state index contributed by atoms with van der Waals surface area (Å²) in [6.07, 6.45) is 0. The quantitative estimate of drug-likeness (QED) is 0.742. The van der Waals surface area contributed by atoms with Crippen LogP contribution >= 0.6 is 11.6 Å². The van der Waals surface area contributed by atoms with E-state index >= 15 is 0 Å². The van der Waals surface area contributed by atoms with Gasteiger partial charge in [0.05, 0.1) is 0 Å². The van der Waals surface area contributed by atoms with E-state index in [1.165, 1.54) is 0 Å². The number of amides is 1. The van der Waals surface area contributed by atoms with Crippen LogP contribution in [-0.4, -0.2) is 11.8 Å². The molecule has 1 amide bonds. The summed E-state index contributed by atoms with van der Waals surface area (Å²) in [6, 6.07) is 9.35. The molecule has 3 heteroatoms. The SMILES string of the molecule is C[C@H](CCl)C(=O)Nc1ccccc1. The summed E-state index contributed by atoms with van der Waals surface area (Å²) >= 11 is 5.55. The van der Waals surface area contributed by atoms with E-state index in [2.05, 4.69) is 5.32 Å². The molecule has 0 aliphatic rings. The van der Waals surface area contributed by atoms with Crippen LogP contribution in [0.1, 0.15) is 6.92 Å². The van der Waals surface area contributed by atoms with Crippen molar-refractivity contribution in [1.82, 2.24) is 0 Å². The molecule has 13 heavy (non-hydrogen) atoms. The maximum atomic E-state index is 11.3. The zero-order valence-corrected chi connectivity index (χ0v) is 8.21. The van der Waals surface area contributed by atoms with Crippen molar-refractivity contribution >= 4 is 23.2 Å². The average molecular weight is 198 g/mol. The molecule has 0 spiro atoms. The van der Waals surface area contributed by atoms with Crippen molar-refractivity contribution in [2.45, 2.75) is 6.92 Å². The van der Waals surface area contributed by atoms with Gasteiger partial charge >= 0.3 is 0 Å². The molecule has 1 aromatic carbocycles. The van der Waals surface area contributed by atoms with Crippen molar-refractivity contribution in [3.63, 3.8) is 0 Å². The monoisotopic (exact) mass is 197 g/mol. The topological polar surface area (TPSA) is 29.1 Å². The van der Waals surface area contributed by atoms with Crippen LogP contribution in [0.4, 0.5) is 5.69 Å². The number of anilines is 1. The highest BCUT2D eigenvalue weighted by Gasteiger charge is 2.10. The van der Waals surface area contributed by atoms with E-state index in [1.807, 2.05) is 30.3 Å². The lowest BCUT2D eigenvalue weighted by Crippen LogP contribution is -2.21. The van der Waals surface area contributed by atoms with Crippen LogP contribution in [-0.2, 0) is 4.79 Å². The number of carbonyl (C=O) groups excluding carboxylic acids is 1. The molecule has 1 N–H and O–H groups in total. The number of alkyl halides is 1. The van der Waals surface area contributed by atoms with E-state index < -0.39 is 0 Å². The molecule has 0 aromatic heterocycles. The highest BCUT2D eigenvalue weighted by atomic mass is 35.5. The summed E-state index contributed by atoms with van der Waals surface area (Å²) in [5, 5.41) is 2.77. The summed E-state index contributed by atoms with van der Waals surface area (Å²) in [4.78, 5) is 11.3. The number of hydrogen-bond acceptors (Lipinski definition) is 1. The Hall–Kier alpha value is -1.02. The van der Waals surface area contributed by atoms with Crippen molar-refractivity contribution in [2.24, 2.45) is 5.92 Å². The fraction of sp³-hybridized carbons (Fsp3) is 0.300. The lowest BCUT2D eigenvalue weighted by molar-refractivity contribution is -0.118. The normalized spacial score (nSPS) is 12.2. The number of nitrogens with one attached hydrogen (secondary N) is 1. The Labute approximate surface area is 82.9 Å². The Morgan fingerprint density at radius 1 is 1.46 bits per heavy atom. The fourth-order valence-corrected chi connectivity index (χ4v) is 0.997. The number of hydrogen-bond donors (Lipinski definition) is 1. The Balaban J connectivity index is 2.55. The summed E-state index contributed by atoms with van der Waals surface area (Å²) in [5.74, 6) is 0.154. The molecule has 0 fully saturated rings. The van der Waals surface area contributed by atoms with Crippen molar-refractivity contribution in [3.8, 4) is 0 Å². The van der Waals surface area contributed by atoms with Crippen LogP contribution in [0.3, 0.4) is 0 Å². The number of halogens is 1. The Bertz CT molecular complexity index is 274. The van der Waals surface area contributed by atoms with E-state index in [-0.39, 0.29) is 11.8 Å². The van der Waals surface area contributed by atoms with E-state index in [0.29, 0.717) is 5.88 Å². The first kappa shape index (κ1) is 10.1. The minimum atomic E-state index is -0.151. The van der Waals surface area contributed by atoms with Gasteiger partial charge in [-0.25, -0.2) is 0 Å². The smallest absolute Gasteiger partial charge is 0.228 e. The van der Waals surface area contributed by atoms with Gasteiger partial charge in [-0.2, -0.15) is 0 Å². The highest BCUT2D eigenvalue weighted by molar-refractivity contribution is 6.19. The van der Waals surface area contributed by atoms with E-state index in [4.69, 9.17) is 11.6 Å². The van der Waals surface area contributed by atoms with Crippen molar-refractivity contribution in [3.05, 3.63) is 30.3 Å². The Morgan fingerprint density at radius 2 is 2.08 bits per heavy atom. The van der Waals surface area contributed by atoms with Crippen LogP contribution in [0.25, 0.3) is 0 Å². The van der Waals surface area contributed by atoms with Crippen LogP contribution < -0.4 is 5.32 Å². The summed E-state index contributed by atoms with van der Waals surface area (Å²) < 4.78 is 0. The predicted molar refractivity (Wildman–Crippen MR) is 55.0 cm³/mol. The third kappa shape index (κ3) is 3.07. The number of para-hydroxylation sites is 1. The molecule has 1 aromatic rings. The standard InChI is InChI=1S/C10H12ClNO/c1-8(7-11)10(13)12-9-5-3-2-4-6-9/h2-6,8H,7H2,1H3,(H,12,13)/t8-/m1/s1. The number of rotatable bonds is 3. The Kier molecular flexibility index (Phi) is 3.77. The molecule has 0 saturated heterocycles. The van der Waals surface area contributed by atoms with Crippen LogP contribution in [0.2, 0.25) is 0 Å². The first-order valence-corrected chi connectivity index (χ1v) is 4.69. The molecule has 1 atom stereocenters. The number of carbonyl (C=O) groups is 1. The maximum Gasteiger partial charge on any atom is 0.228 e. The minimum Gasteiger partial charge on any atom is -0.326 e. The third-order valence-corrected chi connectivity index (χ3v) is 2.18. The van der Waals surface area contributed by atoms with Crippen molar-refractivity contribution in [2.75, 3.05) is 11.2 Å². The molecule has 0 bridgehead atoms. The van der Waals surface area contributed by atoms with Crippen LogP contribution in [0, 0.1) is 5.92 Å². The van der Waals surface area contributed by atoms with Crippen LogP contribution in [0.15, 0.2) is 30.3 Å². The molecule has 0 unspecified atom stereocenters. The maximum absolute atomic E-state index is 11.3. The number of benzene rings is 1. The molecular weight excluding hydrogens is 186 g/mol. The average Bonchev–Trinajstić information content (AvgIpc) is 2.18. The minimum absolute atomic E-state index is 0.0406. The molecule has 1 rings (SSSR count). The van der Waals surface area contributed by atoms with Crippen molar-refractivity contribution < 1.29 is 4.79 Å². The van der Waals surface area contributed by atoms with E-state index in [9.17, 15) is 4.79 Å². The van der Waals surface area contributed by atoms with Gasteiger partial charge in [0.2, 0.25) is 5.91 Å². The van der Waals surface area contributed by atoms with Crippen LogP contribution in [0.5, 0.6) is 0 Å². The first-order valence-electron chi connectivity index (χ1n) is 4.16. The molecule has 0 saturated carbocycles. The molecule has 0 radical (unpaired) electrons. The first-order chi connectivity index (χ1) is 6.24. The molecule has 0 aliphatic carbocycles. The van der Waals surface area contributed by atoms with Gasteiger partial charge in [0.15, 0.2) is 0 Å². The zero-order chi connectivity index (χ0) is 9.68. The van der Waals surface area contributed by atoms with Gasteiger partial charge in [0, 0.05) is 17.5 Å². The summed E-state index contributed by atoms with van der Waals surface area (Å²) in [6.45, 7) is 1.80. The predicted octanol–water partition coefficient (Wildman–Crippen LogP) is 2.50. The fourth-order valence-electron chi connectivity index (χ4n) is 0.857. The summed E-state index contributed by atoms with van der Waals surface area (Å²) in [7, 11) is 0. The second-order valence-electron chi connectivity index (χ2n) is 2.91. The van der Waals surface area contributed by atoms with Gasteiger partial charge in [-0.05, 0) is 12.1 Å². The molecule has 0 heterocycles. The zero-order valence-electron chi connectivity index (χ0n) is 7.46. The summed E-state index contributed by atoms with van der Waals surface area (Å²) in [5.41, 5.74) is 0.810. The lowest BCUT2D eigenvalue weighted by atomic mass is 10.2. The Morgan fingerprint density at radius 3 is 2.62 bits per heavy atom. The lowest BCUT2D eigenvalue weighted by Gasteiger charge is -2.08. The van der Waals surface area contributed by atoms with Gasteiger partial charge in [-0.15, -0.1) is 11.6 Å². The van der Waals surface area contributed by atoms with Gasteiger partial charge in [-0.1, -0.05) is 25.1 Å². The molecule has 2 nitrogen and oxygen atoms in total. The van der Waals surface area contributed by atoms with E-state index in [1.54, 1.807) is 6.92 Å². The van der Waals surface area contributed by atoms with Gasteiger partial charge in [-0.3, -0.25) is 4.79 Å².